The van der Waals surface area contributed by atoms with Gasteiger partial charge in [0.2, 0.25) is 5.91 Å². The molecular formula is C16H15NO. The van der Waals surface area contributed by atoms with E-state index in [0.717, 1.165) is 11.3 Å². The van der Waals surface area contributed by atoms with Crippen molar-refractivity contribution in [3.63, 3.8) is 0 Å². The molecule has 0 aromatic heterocycles. The van der Waals surface area contributed by atoms with Crippen molar-refractivity contribution >= 4 is 17.7 Å². The first-order valence-corrected chi connectivity index (χ1v) is 5.91. The molecule has 0 saturated heterocycles. The average molecular weight is 237 g/mol. The number of para-hydroxylation sites is 1. The standard InChI is InChI=1S/C16H15NO/c18-16(17-15-11-5-2-6-12-15)13-7-10-14-8-3-1-4-9-14/h1-12H,13H2,(H,17,18). The lowest BCUT2D eigenvalue weighted by Gasteiger charge is -2.02. The summed E-state index contributed by atoms with van der Waals surface area (Å²) in [5, 5.41) is 2.84. The summed E-state index contributed by atoms with van der Waals surface area (Å²) in [4.78, 5) is 11.6. The zero-order chi connectivity index (χ0) is 12.6. The Bertz CT molecular complexity index is 517. The minimum atomic E-state index is -0.00613. The molecule has 1 N–H and O–H groups in total. The Balaban J connectivity index is 1.84. The summed E-state index contributed by atoms with van der Waals surface area (Å²) in [6.45, 7) is 0. The molecule has 0 saturated carbocycles. The third-order valence-corrected chi connectivity index (χ3v) is 2.47. The highest BCUT2D eigenvalue weighted by Gasteiger charge is 1.98. The molecule has 18 heavy (non-hydrogen) atoms. The third-order valence-electron chi connectivity index (χ3n) is 2.47. The number of amides is 1. The smallest absolute Gasteiger partial charge is 0.228 e. The lowest BCUT2D eigenvalue weighted by atomic mass is 10.2. The summed E-state index contributed by atoms with van der Waals surface area (Å²) in [6.07, 6.45) is 4.20. The second-order valence-electron chi connectivity index (χ2n) is 3.93. The van der Waals surface area contributed by atoms with Crippen LogP contribution < -0.4 is 5.32 Å². The fourth-order valence-electron chi connectivity index (χ4n) is 1.60. The zero-order valence-corrected chi connectivity index (χ0v) is 10.0. The molecule has 2 heteroatoms. The van der Waals surface area contributed by atoms with Gasteiger partial charge in [-0.3, -0.25) is 4.79 Å². The van der Waals surface area contributed by atoms with Gasteiger partial charge >= 0.3 is 0 Å². The highest BCUT2D eigenvalue weighted by atomic mass is 16.1. The topological polar surface area (TPSA) is 29.1 Å². The number of anilines is 1. The number of carbonyl (C=O) groups is 1. The van der Waals surface area contributed by atoms with Crippen molar-refractivity contribution in [1.29, 1.82) is 0 Å². The van der Waals surface area contributed by atoms with Gasteiger partial charge in [0, 0.05) is 12.1 Å². The van der Waals surface area contributed by atoms with E-state index in [2.05, 4.69) is 5.32 Å². The number of nitrogens with one attached hydrogen (secondary N) is 1. The van der Waals surface area contributed by atoms with E-state index >= 15 is 0 Å². The number of hydrogen-bond acceptors (Lipinski definition) is 1. The minimum absolute atomic E-state index is 0.00613. The number of hydrogen-bond donors (Lipinski definition) is 1. The van der Waals surface area contributed by atoms with E-state index in [-0.39, 0.29) is 5.91 Å². The SMILES string of the molecule is O=C(CC=Cc1ccccc1)Nc1ccccc1. The monoisotopic (exact) mass is 237 g/mol. The van der Waals surface area contributed by atoms with Gasteiger partial charge in [0.05, 0.1) is 0 Å². The van der Waals surface area contributed by atoms with E-state index in [1.807, 2.05) is 72.8 Å². The Morgan fingerprint density at radius 3 is 2.22 bits per heavy atom. The van der Waals surface area contributed by atoms with Crippen LogP contribution in [-0.2, 0) is 4.79 Å². The van der Waals surface area contributed by atoms with Crippen LogP contribution in [0.25, 0.3) is 6.08 Å². The summed E-state index contributed by atoms with van der Waals surface area (Å²) in [6, 6.07) is 19.4. The van der Waals surface area contributed by atoms with Gasteiger partial charge in [-0.1, -0.05) is 60.7 Å². The molecule has 0 radical (unpaired) electrons. The molecule has 0 aliphatic heterocycles. The van der Waals surface area contributed by atoms with Gasteiger partial charge in [0.25, 0.3) is 0 Å². The van der Waals surface area contributed by atoms with Gasteiger partial charge in [0.1, 0.15) is 0 Å². The summed E-state index contributed by atoms with van der Waals surface area (Å²) in [7, 11) is 0. The summed E-state index contributed by atoms with van der Waals surface area (Å²) in [5.41, 5.74) is 1.93. The molecule has 0 heterocycles. The van der Waals surface area contributed by atoms with Crippen LogP contribution in [0.15, 0.2) is 66.7 Å². The molecule has 0 bridgehead atoms. The fourth-order valence-corrected chi connectivity index (χ4v) is 1.60. The second-order valence-corrected chi connectivity index (χ2v) is 3.93. The Hall–Kier alpha value is -2.35. The van der Waals surface area contributed by atoms with Crippen molar-refractivity contribution in [2.75, 3.05) is 5.32 Å². The highest BCUT2D eigenvalue weighted by Crippen LogP contribution is 2.06. The predicted molar refractivity (Wildman–Crippen MR) is 75.2 cm³/mol. The predicted octanol–water partition coefficient (Wildman–Crippen LogP) is 3.73. The highest BCUT2D eigenvalue weighted by molar-refractivity contribution is 5.92. The van der Waals surface area contributed by atoms with Crippen molar-refractivity contribution in [3.05, 3.63) is 72.3 Å². The van der Waals surface area contributed by atoms with Crippen LogP contribution in [0.4, 0.5) is 5.69 Å². The van der Waals surface area contributed by atoms with Gasteiger partial charge in [-0.15, -0.1) is 0 Å². The van der Waals surface area contributed by atoms with Crippen molar-refractivity contribution in [2.24, 2.45) is 0 Å². The summed E-state index contributed by atoms with van der Waals surface area (Å²) < 4.78 is 0. The Morgan fingerprint density at radius 2 is 1.56 bits per heavy atom. The second kappa shape index (κ2) is 6.40. The van der Waals surface area contributed by atoms with Crippen LogP contribution in [0.3, 0.4) is 0 Å². The molecule has 0 fully saturated rings. The van der Waals surface area contributed by atoms with Crippen molar-refractivity contribution in [2.45, 2.75) is 6.42 Å². The van der Waals surface area contributed by atoms with Crippen LogP contribution >= 0.6 is 0 Å². The molecule has 2 rings (SSSR count). The zero-order valence-electron chi connectivity index (χ0n) is 10.0. The normalized spacial score (nSPS) is 10.4. The van der Waals surface area contributed by atoms with Gasteiger partial charge in [-0.2, -0.15) is 0 Å². The molecule has 0 aliphatic carbocycles. The molecule has 2 aromatic rings. The average Bonchev–Trinajstić information content (AvgIpc) is 2.41. The van der Waals surface area contributed by atoms with Crippen LogP contribution in [0, 0.1) is 0 Å². The van der Waals surface area contributed by atoms with Crippen LogP contribution in [0.1, 0.15) is 12.0 Å². The molecule has 1 amide bonds. The largest absolute Gasteiger partial charge is 0.326 e. The Labute approximate surface area is 107 Å². The molecular weight excluding hydrogens is 222 g/mol. The molecule has 2 nitrogen and oxygen atoms in total. The quantitative estimate of drug-likeness (QED) is 0.862. The molecule has 0 spiro atoms. The molecule has 2 aromatic carbocycles. The third kappa shape index (κ3) is 3.91. The first-order chi connectivity index (χ1) is 8.84. The lowest BCUT2D eigenvalue weighted by Crippen LogP contribution is -2.09. The number of carbonyl (C=O) groups excluding carboxylic acids is 1. The maximum absolute atomic E-state index is 11.6. The van der Waals surface area contributed by atoms with Gasteiger partial charge in [-0.05, 0) is 17.7 Å². The summed E-state index contributed by atoms with van der Waals surface area (Å²) in [5.74, 6) is -0.00613. The molecule has 0 unspecified atom stereocenters. The van der Waals surface area contributed by atoms with E-state index in [4.69, 9.17) is 0 Å². The van der Waals surface area contributed by atoms with Crippen molar-refractivity contribution < 1.29 is 4.79 Å². The van der Waals surface area contributed by atoms with Crippen LogP contribution in [-0.4, -0.2) is 5.91 Å². The molecule has 0 atom stereocenters. The Kier molecular flexibility index (Phi) is 4.31. The van der Waals surface area contributed by atoms with E-state index in [1.165, 1.54) is 0 Å². The van der Waals surface area contributed by atoms with Crippen molar-refractivity contribution in [3.8, 4) is 0 Å². The fraction of sp³-hybridized carbons (Fsp3) is 0.0625. The summed E-state index contributed by atoms with van der Waals surface area (Å²) >= 11 is 0. The first kappa shape index (κ1) is 12.1. The maximum atomic E-state index is 11.6. The van der Waals surface area contributed by atoms with Crippen LogP contribution in [0.5, 0.6) is 0 Å². The number of benzene rings is 2. The van der Waals surface area contributed by atoms with Gasteiger partial charge < -0.3 is 5.32 Å². The molecule has 0 aliphatic rings. The van der Waals surface area contributed by atoms with E-state index in [0.29, 0.717) is 6.42 Å². The maximum Gasteiger partial charge on any atom is 0.228 e. The lowest BCUT2D eigenvalue weighted by molar-refractivity contribution is -0.115. The number of rotatable bonds is 4. The Morgan fingerprint density at radius 1 is 0.944 bits per heavy atom. The van der Waals surface area contributed by atoms with E-state index in [9.17, 15) is 4.79 Å². The van der Waals surface area contributed by atoms with E-state index in [1.54, 1.807) is 0 Å². The molecule has 90 valence electrons. The van der Waals surface area contributed by atoms with Crippen molar-refractivity contribution in [1.82, 2.24) is 0 Å². The van der Waals surface area contributed by atoms with Gasteiger partial charge in [0.15, 0.2) is 0 Å². The van der Waals surface area contributed by atoms with E-state index < -0.39 is 0 Å². The van der Waals surface area contributed by atoms with Crippen LogP contribution in [0.2, 0.25) is 0 Å². The minimum Gasteiger partial charge on any atom is -0.326 e. The first-order valence-electron chi connectivity index (χ1n) is 5.91. The van der Waals surface area contributed by atoms with Gasteiger partial charge in [-0.25, -0.2) is 0 Å².